The lowest BCUT2D eigenvalue weighted by molar-refractivity contribution is 0.145. The molecule has 0 saturated heterocycles. The Morgan fingerprint density at radius 2 is 2.05 bits per heavy atom. The van der Waals surface area contributed by atoms with Crippen LogP contribution in [0.4, 0.5) is 0 Å². The first-order valence-corrected chi connectivity index (χ1v) is 8.18. The second-order valence-corrected chi connectivity index (χ2v) is 6.04. The van der Waals surface area contributed by atoms with Crippen LogP contribution in [-0.2, 0) is 6.54 Å². The molecule has 1 saturated carbocycles. The van der Waals surface area contributed by atoms with Gasteiger partial charge in [-0.1, -0.05) is 19.3 Å². The van der Waals surface area contributed by atoms with Gasteiger partial charge < -0.3 is 10.5 Å². The molecule has 1 heterocycles. The van der Waals surface area contributed by atoms with E-state index >= 15 is 0 Å². The maximum Gasteiger partial charge on any atom is 0.122 e. The molecular formula is C17H29N3O. The number of ether oxygens (including phenoxy) is 1. The van der Waals surface area contributed by atoms with Crippen molar-refractivity contribution >= 4 is 0 Å². The molecule has 1 fully saturated rings. The van der Waals surface area contributed by atoms with Gasteiger partial charge in [-0.2, -0.15) is 0 Å². The molecule has 1 aliphatic carbocycles. The molecule has 0 unspecified atom stereocenters. The van der Waals surface area contributed by atoms with Crippen LogP contribution in [0.1, 0.15) is 49.9 Å². The predicted octanol–water partition coefficient (Wildman–Crippen LogP) is 2.88. The molecule has 1 aromatic rings. The zero-order valence-electron chi connectivity index (χ0n) is 13.5. The quantitative estimate of drug-likeness (QED) is 0.839. The van der Waals surface area contributed by atoms with E-state index < -0.39 is 0 Å². The number of rotatable bonds is 7. The highest BCUT2D eigenvalue weighted by atomic mass is 16.5. The average Bonchev–Trinajstić information content (AvgIpc) is 2.51. The number of pyridine rings is 1. The summed E-state index contributed by atoms with van der Waals surface area (Å²) in [6, 6.07) is 4.73. The molecule has 0 bridgehead atoms. The molecule has 1 aliphatic rings. The summed E-state index contributed by atoms with van der Waals surface area (Å²) in [5, 5.41) is 0. The minimum atomic E-state index is 0.693. The lowest BCUT2D eigenvalue weighted by Gasteiger charge is -2.34. The second kappa shape index (κ2) is 8.35. The molecule has 0 amide bonds. The van der Waals surface area contributed by atoms with Gasteiger partial charge in [0.05, 0.1) is 12.8 Å². The fourth-order valence-electron chi connectivity index (χ4n) is 3.24. The zero-order chi connectivity index (χ0) is 15.1. The van der Waals surface area contributed by atoms with Crippen LogP contribution in [0.15, 0.2) is 12.1 Å². The molecule has 0 radical (unpaired) electrons. The van der Waals surface area contributed by atoms with Crippen molar-refractivity contribution in [3.63, 3.8) is 0 Å². The minimum absolute atomic E-state index is 0.693. The molecule has 2 N–H and O–H groups in total. The van der Waals surface area contributed by atoms with Gasteiger partial charge in [0.15, 0.2) is 0 Å². The monoisotopic (exact) mass is 291 g/mol. The summed E-state index contributed by atoms with van der Waals surface area (Å²) in [4.78, 5) is 7.25. The fraction of sp³-hybridized carbons (Fsp3) is 0.706. The number of aromatic nitrogens is 1. The standard InChI is InChI=1S/C17H29N3O/c1-14-11-17(21-2)12-15(19-14)13-20(10-6-9-18)16-7-4-3-5-8-16/h11-12,16H,3-10,13,18H2,1-2H3. The third kappa shape index (κ3) is 4.97. The SMILES string of the molecule is COc1cc(C)nc(CN(CCCN)C2CCCCC2)c1. The minimum Gasteiger partial charge on any atom is -0.497 e. The molecule has 0 atom stereocenters. The van der Waals surface area contributed by atoms with Crippen molar-refractivity contribution in [2.24, 2.45) is 5.73 Å². The van der Waals surface area contributed by atoms with Crippen LogP contribution < -0.4 is 10.5 Å². The summed E-state index contributed by atoms with van der Waals surface area (Å²) < 4.78 is 5.37. The predicted molar refractivity (Wildman–Crippen MR) is 86.5 cm³/mol. The number of hydrogen-bond donors (Lipinski definition) is 1. The summed E-state index contributed by atoms with van der Waals surface area (Å²) in [5.41, 5.74) is 7.83. The van der Waals surface area contributed by atoms with Crippen LogP contribution in [0.25, 0.3) is 0 Å². The Morgan fingerprint density at radius 3 is 2.71 bits per heavy atom. The van der Waals surface area contributed by atoms with E-state index in [2.05, 4.69) is 16.0 Å². The Balaban J connectivity index is 2.07. The van der Waals surface area contributed by atoms with E-state index in [-0.39, 0.29) is 0 Å². The smallest absolute Gasteiger partial charge is 0.122 e. The van der Waals surface area contributed by atoms with Gasteiger partial charge in [-0.15, -0.1) is 0 Å². The zero-order valence-corrected chi connectivity index (χ0v) is 13.5. The van der Waals surface area contributed by atoms with Gasteiger partial charge in [-0.25, -0.2) is 0 Å². The van der Waals surface area contributed by atoms with Gasteiger partial charge in [0, 0.05) is 37.0 Å². The first kappa shape index (κ1) is 16.2. The van der Waals surface area contributed by atoms with Gasteiger partial charge in [-0.05, 0) is 32.7 Å². The Bertz CT molecular complexity index is 430. The first-order valence-electron chi connectivity index (χ1n) is 8.18. The Morgan fingerprint density at radius 1 is 1.29 bits per heavy atom. The number of nitrogens with two attached hydrogens (primary N) is 1. The molecule has 2 rings (SSSR count). The van der Waals surface area contributed by atoms with E-state index in [1.54, 1.807) is 7.11 Å². The van der Waals surface area contributed by atoms with Crippen LogP contribution >= 0.6 is 0 Å². The summed E-state index contributed by atoms with van der Waals surface area (Å²) in [5.74, 6) is 0.903. The van der Waals surface area contributed by atoms with E-state index in [0.717, 1.165) is 43.2 Å². The molecular weight excluding hydrogens is 262 g/mol. The fourth-order valence-corrected chi connectivity index (χ4v) is 3.24. The van der Waals surface area contributed by atoms with Crippen molar-refractivity contribution in [2.45, 2.75) is 58.0 Å². The second-order valence-electron chi connectivity index (χ2n) is 6.04. The molecule has 0 aliphatic heterocycles. The third-order valence-electron chi connectivity index (χ3n) is 4.32. The maximum absolute atomic E-state index is 5.71. The Labute approximate surface area is 128 Å². The van der Waals surface area contributed by atoms with E-state index in [1.807, 2.05) is 13.0 Å². The summed E-state index contributed by atoms with van der Waals surface area (Å²) in [6.45, 7) is 4.76. The Hall–Kier alpha value is -1.13. The molecule has 21 heavy (non-hydrogen) atoms. The average molecular weight is 291 g/mol. The van der Waals surface area contributed by atoms with E-state index in [4.69, 9.17) is 10.5 Å². The van der Waals surface area contributed by atoms with Crippen LogP contribution in [0, 0.1) is 6.92 Å². The van der Waals surface area contributed by atoms with Crippen molar-refractivity contribution in [1.82, 2.24) is 9.88 Å². The van der Waals surface area contributed by atoms with Gasteiger partial charge in [0.1, 0.15) is 5.75 Å². The topological polar surface area (TPSA) is 51.4 Å². The molecule has 1 aromatic heterocycles. The molecule has 0 spiro atoms. The molecule has 4 nitrogen and oxygen atoms in total. The highest BCUT2D eigenvalue weighted by Crippen LogP contribution is 2.24. The van der Waals surface area contributed by atoms with Crippen molar-refractivity contribution in [2.75, 3.05) is 20.2 Å². The van der Waals surface area contributed by atoms with Crippen LogP contribution in [0.3, 0.4) is 0 Å². The highest BCUT2D eigenvalue weighted by Gasteiger charge is 2.21. The number of hydrogen-bond acceptors (Lipinski definition) is 4. The molecule has 118 valence electrons. The third-order valence-corrected chi connectivity index (χ3v) is 4.32. The number of methoxy groups -OCH3 is 1. The lowest BCUT2D eigenvalue weighted by Crippen LogP contribution is -2.38. The van der Waals surface area contributed by atoms with Gasteiger partial charge in [0.25, 0.3) is 0 Å². The van der Waals surface area contributed by atoms with E-state index in [9.17, 15) is 0 Å². The van der Waals surface area contributed by atoms with Crippen molar-refractivity contribution in [3.05, 3.63) is 23.5 Å². The number of aryl methyl sites for hydroxylation is 1. The van der Waals surface area contributed by atoms with Gasteiger partial charge >= 0.3 is 0 Å². The largest absolute Gasteiger partial charge is 0.497 e. The lowest BCUT2D eigenvalue weighted by atomic mass is 9.94. The van der Waals surface area contributed by atoms with E-state index in [0.29, 0.717) is 6.04 Å². The van der Waals surface area contributed by atoms with Crippen molar-refractivity contribution in [3.8, 4) is 5.75 Å². The van der Waals surface area contributed by atoms with Gasteiger partial charge in [0.2, 0.25) is 0 Å². The molecule has 0 aromatic carbocycles. The Kier molecular flexibility index (Phi) is 6.46. The molecule has 4 heteroatoms. The van der Waals surface area contributed by atoms with Crippen LogP contribution in [-0.4, -0.2) is 36.1 Å². The maximum atomic E-state index is 5.71. The summed E-state index contributed by atoms with van der Waals surface area (Å²) in [7, 11) is 1.71. The highest BCUT2D eigenvalue weighted by molar-refractivity contribution is 5.26. The van der Waals surface area contributed by atoms with E-state index in [1.165, 1.54) is 32.1 Å². The van der Waals surface area contributed by atoms with Crippen LogP contribution in [0.2, 0.25) is 0 Å². The van der Waals surface area contributed by atoms with Crippen LogP contribution in [0.5, 0.6) is 5.75 Å². The van der Waals surface area contributed by atoms with Crippen molar-refractivity contribution < 1.29 is 4.74 Å². The van der Waals surface area contributed by atoms with Gasteiger partial charge in [-0.3, -0.25) is 9.88 Å². The van der Waals surface area contributed by atoms with Crippen molar-refractivity contribution in [1.29, 1.82) is 0 Å². The normalized spacial score (nSPS) is 16.4. The summed E-state index contributed by atoms with van der Waals surface area (Å²) in [6.07, 6.45) is 7.78. The first-order chi connectivity index (χ1) is 10.2. The summed E-state index contributed by atoms with van der Waals surface area (Å²) >= 11 is 0. The number of nitrogens with zero attached hydrogens (tertiary/aromatic N) is 2.